The molecule has 2 aliphatic carbocycles. The number of aliphatic imine (C=N–C) groups is 1. The number of nitrogens with zero attached hydrogens (tertiary/aromatic N) is 2. The molecule has 0 atom stereocenters. The smallest absolute Gasteiger partial charge is 0.194 e. The standard InChI is InChI=1S/C16H29N3/c1-2-17-15(18-14-7-6-8-14)19-12-11-16(13-19)9-4-3-5-10-16/h14H,2-13H2,1H3,(H,17,18). The first kappa shape index (κ1) is 13.3. The van der Waals surface area contributed by atoms with Gasteiger partial charge in [0.2, 0.25) is 0 Å². The lowest BCUT2D eigenvalue weighted by Crippen LogP contribution is -2.48. The fourth-order valence-electron chi connectivity index (χ4n) is 3.95. The maximum Gasteiger partial charge on any atom is 0.194 e. The first-order valence-corrected chi connectivity index (χ1v) is 8.37. The van der Waals surface area contributed by atoms with Crippen LogP contribution in [-0.2, 0) is 0 Å². The minimum Gasteiger partial charge on any atom is -0.354 e. The van der Waals surface area contributed by atoms with Gasteiger partial charge < -0.3 is 10.2 Å². The maximum absolute atomic E-state index is 4.74. The first-order valence-electron chi connectivity index (χ1n) is 8.37. The molecular formula is C16H29N3. The second-order valence-corrected chi connectivity index (χ2v) is 6.80. The van der Waals surface area contributed by atoms with E-state index >= 15 is 0 Å². The predicted octanol–water partition coefficient (Wildman–Crippen LogP) is 3.16. The summed E-state index contributed by atoms with van der Waals surface area (Å²) in [4.78, 5) is 7.29. The Morgan fingerprint density at radius 2 is 1.95 bits per heavy atom. The quantitative estimate of drug-likeness (QED) is 0.612. The average Bonchev–Trinajstić information content (AvgIpc) is 2.77. The third-order valence-electron chi connectivity index (χ3n) is 5.40. The number of nitrogens with one attached hydrogen (secondary N) is 1. The van der Waals surface area contributed by atoms with E-state index in [1.807, 2.05) is 0 Å². The molecule has 108 valence electrons. The summed E-state index contributed by atoms with van der Waals surface area (Å²) in [6, 6.07) is 0.702. The molecule has 0 radical (unpaired) electrons. The van der Waals surface area contributed by atoms with Crippen molar-refractivity contribution in [2.24, 2.45) is 10.4 Å². The van der Waals surface area contributed by atoms with Crippen molar-refractivity contribution in [3.8, 4) is 0 Å². The van der Waals surface area contributed by atoms with E-state index in [0.717, 1.165) is 6.54 Å². The van der Waals surface area contributed by atoms with Gasteiger partial charge in [-0.3, -0.25) is 4.99 Å². The van der Waals surface area contributed by atoms with Gasteiger partial charge in [-0.2, -0.15) is 0 Å². The third-order valence-corrected chi connectivity index (χ3v) is 5.40. The summed E-state index contributed by atoms with van der Waals surface area (Å²) in [5.74, 6) is 1.20. The molecule has 0 unspecified atom stereocenters. The van der Waals surface area contributed by atoms with Crippen molar-refractivity contribution < 1.29 is 0 Å². The molecule has 1 heterocycles. The Morgan fingerprint density at radius 3 is 2.58 bits per heavy atom. The molecule has 3 aliphatic rings. The minimum absolute atomic E-state index is 0.633. The van der Waals surface area contributed by atoms with Crippen molar-refractivity contribution in [2.45, 2.75) is 70.8 Å². The second-order valence-electron chi connectivity index (χ2n) is 6.80. The van der Waals surface area contributed by atoms with Crippen LogP contribution in [0.4, 0.5) is 0 Å². The van der Waals surface area contributed by atoms with Crippen LogP contribution in [0, 0.1) is 5.41 Å². The van der Waals surface area contributed by atoms with Crippen molar-refractivity contribution >= 4 is 5.96 Å². The molecule has 3 rings (SSSR count). The zero-order valence-corrected chi connectivity index (χ0v) is 12.5. The lowest BCUT2D eigenvalue weighted by atomic mass is 9.73. The van der Waals surface area contributed by atoms with Gasteiger partial charge in [-0.05, 0) is 50.9 Å². The van der Waals surface area contributed by atoms with E-state index in [1.165, 1.54) is 76.8 Å². The highest BCUT2D eigenvalue weighted by Gasteiger charge is 2.40. The molecule has 1 N–H and O–H groups in total. The van der Waals surface area contributed by atoms with Crippen molar-refractivity contribution in [1.82, 2.24) is 10.2 Å². The molecule has 3 heteroatoms. The van der Waals surface area contributed by atoms with Crippen LogP contribution < -0.4 is 5.32 Å². The molecule has 1 spiro atoms. The van der Waals surface area contributed by atoms with Gasteiger partial charge in [-0.25, -0.2) is 0 Å². The van der Waals surface area contributed by atoms with Gasteiger partial charge in [0.25, 0.3) is 0 Å². The van der Waals surface area contributed by atoms with Crippen molar-refractivity contribution in [1.29, 1.82) is 0 Å². The molecule has 0 aromatic rings. The molecule has 0 bridgehead atoms. The van der Waals surface area contributed by atoms with Gasteiger partial charge in [0, 0.05) is 25.7 Å². The zero-order chi connectivity index (χ0) is 13.1. The number of hydrogen-bond acceptors (Lipinski definition) is 1. The number of hydrogen-bond donors (Lipinski definition) is 1. The highest BCUT2D eigenvalue weighted by Crippen LogP contribution is 2.43. The molecule has 0 amide bonds. The third kappa shape index (κ3) is 2.90. The molecule has 1 saturated heterocycles. The van der Waals surface area contributed by atoms with E-state index in [-0.39, 0.29) is 0 Å². The molecule has 3 nitrogen and oxygen atoms in total. The fraction of sp³-hybridized carbons (Fsp3) is 0.938. The Labute approximate surface area is 117 Å². The van der Waals surface area contributed by atoms with Crippen LogP contribution in [0.5, 0.6) is 0 Å². The zero-order valence-electron chi connectivity index (χ0n) is 12.5. The lowest BCUT2D eigenvalue weighted by Gasteiger charge is -2.35. The van der Waals surface area contributed by atoms with Crippen molar-refractivity contribution in [3.05, 3.63) is 0 Å². The Hall–Kier alpha value is -0.730. The van der Waals surface area contributed by atoms with Crippen LogP contribution in [-0.4, -0.2) is 36.5 Å². The van der Waals surface area contributed by atoms with Gasteiger partial charge in [0.15, 0.2) is 5.96 Å². The minimum atomic E-state index is 0.633. The van der Waals surface area contributed by atoms with Crippen molar-refractivity contribution in [2.75, 3.05) is 19.6 Å². The van der Waals surface area contributed by atoms with Gasteiger partial charge in [0.1, 0.15) is 0 Å². The molecular weight excluding hydrogens is 234 g/mol. The summed E-state index contributed by atoms with van der Waals surface area (Å²) in [6.07, 6.45) is 12.7. The van der Waals surface area contributed by atoms with E-state index in [9.17, 15) is 0 Å². The van der Waals surface area contributed by atoms with Crippen LogP contribution in [0.3, 0.4) is 0 Å². The van der Waals surface area contributed by atoms with Crippen LogP contribution >= 0.6 is 0 Å². The number of rotatable bonds is 2. The summed E-state index contributed by atoms with van der Waals surface area (Å²) >= 11 is 0. The second kappa shape index (κ2) is 5.72. The highest BCUT2D eigenvalue weighted by molar-refractivity contribution is 5.80. The highest BCUT2D eigenvalue weighted by atomic mass is 15.3. The summed E-state index contributed by atoms with van der Waals surface area (Å²) in [7, 11) is 0. The summed E-state index contributed by atoms with van der Waals surface area (Å²) < 4.78 is 0. The van der Waals surface area contributed by atoms with Crippen LogP contribution in [0.2, 0.25) is 0 Å². The average molecular weight is 263 g/mol. The van der Waals surface area contributed by atoms with E-state index in [1.54, 1.807) is 0 Å². The fourth-order valence-corrected chi connectivity index (χ4v) is 3.95. The number of likely N-dealkylation sites (tertiary alicyclic amines) is 1. The Kier molecular flexibility index (Phi) is 3.99. The monoisotopic (exact) mass is 263 g/mol. The van der Waals surface area contributed by atoms with E-state index in [2.05, 4.69) is 17.1 Å². The SMILES string of the molecule is CCN=C(NC1CCC1)N1CCC2(CCCCC2)C1. The molecule has 0 aromatic heterocycles. The largest absolute Gasteiger partial charge is 0.354 e. The van der Waals surface area contributed by atoms with Crippen LogP contribution in [0.15, 0.2) is 4.99 Å². The van der Waals surface area contributed by atoms with Gasteiger partial charge in [-0.15, -0.1) is 0 Å². The maximum atomic E-state index is 4.74. The normalized spacial score (nSPS) is 27.6. The topological polar surface area (TPSA) is 27.6 Å². The Bertz CT molecular complexity index is 327. The van der Waals surface area contributed by atoms with Gasteiger partial charge in [-0.1, -0.05) is 19.3 Å². The molecule has 1 aliphatic heterocycles. The summed E-state index contributed by atoms with van der Waals surface area (Å²) in [6.45, 7) is 5.53. The van der Waals surface area contributed by atoms with E-state index < -0.39 is 0 Å². The summed E-state index contributed by atoms with van der Waals surface area (Å²) in [5, 5.41) is 3.69. The number of guanidine groups is 1. The molecule has 3 fully saturated rings. The van der Waals surface area contributed by atoms with Crippen LogP contribution in [0.25, 0.3) is 0 Å². The van der Waals surface area contributed by atoms with E-state index in [4.69, 9.17) is 4.99 Å². The molecule has 19 heavy (non-hydrogen) atoms. The molecule has 0 aromatic carbocycles. The first-order chi connectivity index (χ1) is 9.31. The predicted molar refractivity (Wildman–Crippen MR) is 80.5 cm³/mol. The van der Waals surface area contributed by atoms with Gasteiger partial charge in [0.05, 0.1) is 0 Å². The van der Waals surface area contributed by atoms with Crippen LogP contribution in [0.1, 0.15) is 64.7 Å². The Morgan fingerprint density at radius 1 is 1.16 bits per heavy atom. The lowest BCUT2D eigenvalue weighted by molar-refractivity contribution is 0.202. The van der Waals surface area contributed by atoms with Crippen molar-refractivity contribution in [3.63, 3.8) is 0 Å². The van der Waals surface area contributed by atoms with Gasteiger partial charge >= 0.3 is 0 Å². The summed E-state index contributed by atoms with van der Waals surface area (Å²) in [5.41, 5.74) is 0.633. The molecule has 2 saturated carbocycles. The Balaban J connectivity index is 1.61. The van der Waals surface area contributed by atoms with E-state index in [0.29, 0.717) is 11.5 Å².